The minimum Gasteiger partial charge on any atom is -0.349 e. The van der Waals surface area contributed by atoms with Crippen molar-refractivity contribution in [2.75, 3.05) is 19.6 Å². The Balaban J connectivity index is 1.68. The van der Waals surface area contributed by atoms with E-state index in [-0.39, 0.29) is 11.8 Å². The molecule has 0 atom stereocenters. The second kappa shape index (κ2) is 8.21. The first-order valence-corrected chi connectivity index (χ1v) is 10.3. The lowest BCUT2D eigenvalue weighted by Crippen LogP contribution is -2.36. The fourth-order valence-corrected chi connectivity index (χ4v) is 4.14. The molecule has 1 fully saturated rings. The average Bonchev–Trinajstić information content (AvgIpc) is 3.34. The van der Waals surface area contributed by atoms with E-state index in [4.69, 9.17) is 10.2 Å². The van der Waals surface area contributed by atoms with Gasteiger partial charge in [0, 0.05) is 49.6 Å². The molecule has 1 aliphatic heterocycles. The standard InChI is InChI=1S/C21H27N7O/c1-14(2)21(29)25-13-18-26-17-12-24-20-16(4-8-23-20)19(17)28(18)15-5-10-27(11-6-15)9-3-7-22/h4,8,12,14-15H,3,5-6,9-11,13H2,1-2H3,(H,23,24)(H,25,29). The molecule has 1 aliphatic rings. The predicted octanol–water partition coefficient (Wildman–Crippen LogP) is 2.74. The van der Waals surface area contributed by atoms with E-state index < -0.39 is 0 Å². The summed E-state index contributed by atoms with van der Waals surface area (Å²) in [6, 6.07) is 4.59. The molecule has 8 nitrogen and oxygen atoms in total. The smallest absolute Gasteiger partial charge is 0.222 e. The van der Waals surface area contributed by atoms with Crippen molar-refractivity contribution in [3.8, 4) is 6.07 Å². The zero-order chi connectivity index (χ0) is 20.4. The summed E-state index contributed by atoms with van der Waals surface area (Å²) in [6.45, 7) is 6.95. The Kier molecular flexibility index (Phi) is 5.49. The number of piperidine rings is 1. The molecule has 29 heavy (non-hydrogen) atoms. The van der Waals surface area contributed by atoms with Crippen LogP contribution in [0, 0.1) is 17.2 Å². The molecule has 0 spiro atoms. The Morgan fingerprint density at radius 2 is 2.21 bits per heavy atom. The van der Waals surface area contributed by atoms with Gasteiger partial charge in [0.15, 0.2) is 0 Å². The maximum atomic E-state index is 12.1. The molecular formula is C21H27N7O. The van der Waals surface area contributed by atoms with Gasteiger partial charge in [0.05, 0.1) is 24.3 Å². The number of imidazole rings is 1. The van der Waals surface area contributed by atoms with Crippen molar-refractivity contribution in [3.05, 3.63) is 24.3 Å². The molecule has 0 aliphatic carbocycles. The molecule has 3 aromatic rings. The number of hydrogen-bond acceptors (Lipinski definition) is 5. The number of carbonyl (C=O) groups is 1. The molecule has 1 saturated heterocycles. The number of likely N-dealkylation sites (tertiary alicyclic amines) is 1. The third-order valence-electron chi connectivity index (χ3n) is 5.71. The molecular weight excluding hydrogens is 366 g/mol. The molecule has 0 unspecified atom stereocenters. The van der Waals surface area contributed by atoms with Crippen molar-refractivity contribution in [1.82, 2.24) is 29.7 Å². The molecule has 152 valence electrons. The van der Waals surface area contributed by atoms with E-state index in [1.807, 2.05) is 26.1 Å². The number of nitriles is 1. The number of fused-ring (bicyclic) bond motifs is 3. The van der Waals surface area contributed by atoms with Crippen LogP contribution in [-0.2, 0) is 11.3 Å². The van der Waals surface area contributed by atoms with Crippen LogP contribution in [0.25, 0.3) is 22.1 Å². The van der Waals surface area contributed by atoms with Gasteiger partial charge in [0.2, 0.25) is 5.91 Å². The SMILES string of the molecule is CC(C)C(=O)NCc1nc2cnc3[nH]ccc3c2n1C1CCN(CCC#N)CC1. The van der Waals surface area contributed by atoms with Gasteiger partial charge >= 0.3 is 0 Å². The fourth-order valence-electron chi connectivity index (χ4n) is 4.14. The number of hydrogen-bond donors (Lipinski definition) is 2. The Hall–Kier alpha value is -2.92. The topological polar surface area (TPSA) is 103 Å². The Morgan fingerprint density at radius 3 is 2.93 bits per heavy atom. The second-order valence-corrected chi connectivity index (χ2v) is 7.98. The third-order valence-corrected chi connectivity index (χ3v) is 5.71. The molecule has 4 rings (SSSR count). The van der Waals surface area contributed by atoms with Gasteiger partial charge in [-0.05, 0) is 18.9 Å². The van der Waals surface area contributed by atoms with Crippen LogP contribution < -0.4 is 5.32 Å². The highest BCUT2D eigenvalue weighted by Gasteiger charge is 2.26. The molecule has 2 N–H and O–H groups in total. The van der Waals surface area contributed by atoms with Crippen LogP contribution in [0.3, 0.4) is 0 Å². The Labute approximate surface area is 169 Å². The minimum atomic E-state index is -0.0609. The second-order valence-electron chi connectivity index (χ2n) is 7.98. The first-order valence-electron chi connectivity index (χ1n) is 10.3. The van der Waals surface area contributed by atoms with Gasteiger partial charge in [0.1, 0.15) is 17.0 Å². The molecule has 1 amide bonds. The van der Waals surface area contributed by atoms with Gasteiger partial charge in [-0.1, -0.05) is 13.8 Å². The lowest BCUT2D eigenvalue weighted by atomic mass is 10.0. The van der Waals surface area contributed by atoms with Gasteiger partial charge in [-0.3, -0.25) is 4.79 Å². The monoisotopic (exact) mass is 393 g/mol. The highest BCUT2D eigenvalue weighted by molar-refractivity contribution is 6.01. The zero-order valence-corrected chi connectivity index (χ0v) is 17.0. The fraction of sp³-hybridized carbons (Fsp3) is 0.524. The highest BCUT2D eigenvalue weighted by atomic mass is 16.1. The van der Waals surface area contributed by atoms with E-state index in [9.17, 15) is 4.79 Å². The van der Waals surface area contributed by atoms with Gasteiger partial charge in [-0.2, -0.15) is 5.26 Å². The summed E-state index contributed by atoms with van der Waals surface area (Å²) >= 11 is 0. The summed E-state index contributed by atoms with van der Waals surface area (Å²) in [5.41, 5.74) is 2.79. The summed E-state index contributed by atoms with van der Waals surface area (Å²) in [5, 5.41) is 12.9. The highest BCUT2D eigenvalue weighted by Crippen LogP contribution is 2.32. The lowest BCUT2D eigenvalue weighted by molar-refractivity contribution is -0.124. The van der Waals surface area contributed by atoms with Crippen LogP contribution in [0.5, 0.6) is 0 Å². The molecule has 0 radical (unpaired) electrons. The van der Waals surface area contributed by atoms with E-state index in [1.54, 1.807) is 6.20 Å². The number of nitrogens with zero attached hydrogens (tertiary/aromatic N) is 5. The maximum absolute atomic E-state index is 12.1. The lowest BCUT2D eigenvalue weighted by Gasteiger charge is -2.33. The molecule has 3 aromatic heterocycles. The normalized spacial score (nSPS) is 15.9. The van der Waals surface area contributed by atoms with Crippen molar-refractivity contribution < 1.29 is 4.79 Å². The molecule has 0 saturated carbocycles. The van der Waals surface area contributed by atoms with Crippen molar-refractivity contribution >= 4 is 28.0 Å². The number of pyridine rings is 1. The van der Waals surface area contributed by atoms with E-state index in [0.29, 0.717) is 19.0 Å². The van der Waals surface area contributed by atoms with E-state index in [1.165, 1.54) is 0 Å². The minimum absolute atomic E-state index is 0.0276. The number of nitrogens with one attached hydrogen (secondary N) is 2. The van der Waals surface area contributed by atoms with Crippen LogP contribution in [0.4, 0.5) is 0 Å². The number of carbonyl (C=O) groups excluding carboxylic acids is 1. The van der Waals surface area contributed by atoms with Crippen molar-refractivity contribution in [2.45, 2.75) is 45.7 Å². The summed E-state index contributed by atoms with van der Waals surface area (Å²) in [4.78, 5) is 27.0. The molecule has 0 aromatic carbocycles. The average molecular weight is 393 g/mol. The van der Waals surface area contributed by atoms with E-state index in [0.717, 1.165) is 60.4 Å². The quantitative estimate of drug-likeness (QED) is 0.670. The molecule has 0 bridgehead atoms. The van der Waals surface area contributed by atoms with Crippen LogP contribution in [0.15, 0.2) is 18.5 Å². The Bertz CT molecular complexity index is 1050. The van der Waals surface area contributed by atoms with E-state index in [2.05, 4.69) is 30.8 Å². The third kappa shape index (κ3) is 3.83. The summed E-state index contributed by atoms with van der Waals surface area (Å²) in [5.74, 6) is 0.842. The number of amides is 1. The molecule has 8 heteroatoms. The zero-order valence-electron chi connectivity index (χ0n) is 17.0. The van der Waals surface area contributed by atoms with Gasteiger partial charge in [-0.15, -0.1) is 0 Å². The van der Waals surface area contributed by atoms with Crippen molar-refractivity contribution in [3.63, 3.8) is 0 Å². The number of aromatic amines is 1. The Morgan fingerprint density at radius 1 is 1.41 bits per heavy atom. The van der Waals surface area contributed by atoms with Gasteiger partial charge < -0.3 is 19.8 Å². The largest absolute Gasteiger partial charge is 0.349 e. The first kappa shape index (κ1) is 19.4. The first-order chi connectivity index (χ1) is 14.1. The van der Waals surface area contributed by atoms with Crippen molar-refractivity contribution in [2.24, 2.45) is 5.92 Å². The van der Waals surface area contributed by atoms with Crippen LogP contribution >= 0.6 is 0 Å². The summed E-state index contributed by atoms with van der Waals surface area (Å²) in [6.07, 6.45) is 6.27. The van der Waals surface area contributed by atoms with Crippen molar-refractivity contribution in [1.29, 1.82) is 5.26 Å². The van der Waals surface area contributed by atoms with Crippen LogP contribution in [0.1, 0.15) is 45.0 Å². The maximum Gasteiger partial charge on any atom is 0.222 e. The summed E-state index contributed by atoms with van der Waals surface area (Å²) < 4.78 is 2.31. The van der Waals surface area contributed by atoms with E-state index >= 15 is 0 Å². The number of aromatic nitrogens is 4. The number of H-pyrrole nitrogens is 1. The number of rotatable bonds is 6. The van der Waals surface area contributed by atoms with Gasteiger partial charge in [0.25, 0.3) is 0 Å². The van der Waals surface area contributed by atoms with Crippen LogP contribution in [-0.4, -0.2) is 50.0 Å². The summed E-state index contributed by atoms with van der Waals surface area (Å²) in [7, 11) is 0. The van der Waals surface area contributed by atoms with Gasteiger partial charge in [-0.25, -0.2) is 9.97 Å². The predicted molar refractivity (Wildman–Crippen MR) is 111 cm³/mol. The van der Waals surface area contributed by atoms with Crippen LogP contribution in [0.2, 0.25) is 0 Å². The molecule has 4 heterocycles.